The Morgan fingerprint density at radius 3 is 2.78 bits per heavy atom. The number of carboxylic acids is 1. The molecule has 2 N–H and O–H groups in total. The van der Waals surface area contributed by atoms with Crippen molar-refractivity contribution in [3.05, 3.63) is 35.2 Å². The van der Waals surface area contributed by atoms with Crippen LogP contribution in [0.5, 0.6) is 5.75 Å². The fourth-order valence-corrected chi connectivity index (χ4v) is 3.95. The Balaban J connectivity index is 1.77. The summed E-state index contributed by atoms with van der Waals surface area (Å²) in [6.45, 7) is 5.66. The fraction of sp³-hybridized carbons (Fsp3) is 0.350. The maximum Gasteiger partial charge on any atom is 0.345 e. The van der Waals surface area contributed by atoms with Crippen LogP contribution in [0, 0.1) is 11.8 Å². The molecular weight excluding hydrogens is 346 g/mol. The van der Waals surface area contributed by atoms with Gasteiger partial charge >= 0.3 is 5.97 Å². The van der Waals surface area contributed by atoms with Crippen LogP contribution < -0.4 is 4.90 Å². The number of fused-ring (bicyclic) bond motifs is 1. The van der Waals surface area contributed by atoms with E-state index < -0.39 is 5.97 Å². The number of rotatable bonds is 3. The van der Waals surface area contributed by atoms with E-state index in [1.807, 2.05) is 11.0 Å². The average Bonchev–Trinajstić information content (AvgIpc) is 3.16. The van der Waals surface area contributed by atoms with Gasteiger partial charge in [0.15, 0.2) is 22.9 Å². The van der Waals surface area contributed by atoms with Crippen molar-refractivity contribution in [2.45, 2.75) is 20.3 Å². The summed E-state index contributed by atoms with van der Waals surface area (Å²) in [5.41, 5.74) is 1.34. The van der Waals surface area contributed by atoms with Crippen molar-refractivity contribution in [1.29, 1.82) is 0 Å². The molecule has 2 aromatic heterocycles. The van der Waals surface area contributed by atoms with Gasteiger partial charge in [-0.05, 0) is 36.5 Å². The minimum Gasteiger partial charge on any atom is -0.504 e. The molecule has 7 heteroatoms. The number of aliphatic imine (C=N–C) groups is 1. The number of carboxylic acid groups (broad SMARTS) is 1. The summed E-state index contributed by atoms with van der Waals surface area (Å²) in [7, 11) is 0. The highest BCUT2D eigenvalue weighted by atomic mass is 16.4. The number of aromatic nitrogens is 1. The minimum absolute atomic E-state index is 0.117. The summed E-state index contributed by atoms with van der Waals surface area (Å²) < 4.78 is 5.86. The molecule has 0 radical (unpaired) electrons. The lowest BCUT2D eigenvalue weighted by Gasteiger charge is -2.35. The van der Waals surface area contributed by atoms with Crippen LogP contribution in [0.1, 0.15) is 41.9 Å². The normalized spacial score (nSPS) is 23.0. The minimum atomic E-state index is -1.20. The molecule has 0 amide bonds. The molecule has 2 aliphatic heterocycles. The maximum atomic E-state index is 11.8. The Bertz CT molecular complexity index is 950. The van der Waals surface area contributed by atoms with Crippen molar-refractivity contribution < 1.29 is 19.4 Å². The van der Waals surface area contributed by atoms with Crippen LogP contribution in [-0.2, 0) is 0 Å². The van der Waals surface area contributed by atoms with Gasteiger partial charge in [0.25, 0.3) is 0 Å². The van der Waals surface area contributed by atoms with Gasteiger partial charge < -0.3 is 19.5 Å². The molecule has 2 aromatic rings. The molecule has 4 rings (SSSR count). The summed E-state index contributed by atoms with van der Waals surface area (Å²) in [6, 6.07) is 3.67. The van der Waals surface area contributed by atoms with Crippen LogP contribution in [0.15, 0.2) is 27.7 Å². The Morgan fingerprint density at radius 2 is 2.07 bits per heavy atom. The number of hydrogen-bond acceptors (Lipinski definition) is 6. The molecule has 0 spiro atoms. The lowest BCUT2D eigenvalue weighted by atomic mass is 9.92. The highest BCUT2D eigenvalue weighted by molar-refractivity contribution is 6.21. The molecule has 140 valence electrons. The molecule has 2 unspecified atom stereocenters. The van der Waals surface area contributed by atoms with Gasteiger partial charge in [-0.25, -0.2) is 14.8 Å². The zero-order chi connectivity index (χ0) is 19.1. The number of aromatic carboxylic acids is 1. The summed E-state index contributed by atoms with van der Waals surface area (Å²) in [5.74, 6) is 0.199. The van der Waals surface area contributed by atoms with Gasteiger partial charge in [0.1, 0.15) is 0 Å². The number of nitrogens with zero attached hydrogens (tertiary/aromatic N) is 3. The van der Waals surface area contributed by atoms with Gasteiger partial charge in [0.2, 0.25) is 5.88 Å². The van der Waals surface area contributed by atoms with Gasteiger partial charge in [-0.1, -0.05) is 13.8 Å². The predicted octanol–water partition coefficient (Wildman–Crippen LogP) is 3.82. The first-order chi connectivity index (χ1) is 12.9. The number of furan rings is 1. The quantitative estimate of drug-likeness (QED) is 0.856. The third-order valence-corrected chi connectivity index (χ3v) is 4.97. The van der Waals surface area contributed by atoms with Crippen LogP contribution in [0.2, 0.25) is 0 Å². The average molecular weight is 367 g/mol. The zero-order valence-corrected chi connectivity index (χ0v) is 15.2. The monoisotopic (exact) mass is 367 g/mol. The lowest BCUT2D eigenvalue weighted by Crippen LogP contribution is -2.39. The topological polar surface area (TPSA) is 99.2 Å². The van der Waals surface area contributed by atoms with Crippen LogP contribution in [-0.4, -0.2) is 40.5 Å². The Hall–Kier alpha value is -3.09. The summed E-state index contributed by atoms with van der Waals surface area (Å²) >= 11 is 0. The molecule has 1 saturated heterocycles. The van der Waals surface area contributed by atoms with Crippen LogP contribution in [0.4, 0.5) is 11.7 Å². The predicted molar refractivity (Wildman–Crippen MR) is 103 cm³/mol. The smallest absolute Gasteiger partial charge is 0.345 e. The van der Waals surface area contributed by atoms with E-state index in [2.05, 4.69) is 23.8 Å². The molecule has 0 aromatic carbocycles. The number of hydrogen-bond donors (Lipinski definition) is 2. The highest BCUT2D eigenvalue weighted by Crippen LogP contribution is 2.40. The van der Waals surface area contributed by atoms with Crippen molar-refractivity contribution in [3.8, 4) is 5.75 Å². The van der Waals surface area contributed by atoms with Gasteiger partial charge in [0.05, 0.1) is 0 Å². The molecule has 0 aliphatic carbocycles. The highest BCUT2D eigenvalue weighted by Gasteiger charge is 2.32. The molecule has 4 heterocycles. The van der Waals surface area contributed by atoms with Crippen molar-refractivity contribution >= 4 is 35.5 Å². The van der Waals surface area contributed by atoms with Gasteiger partial charge in [0, 0.05) is 36.6 Å². The molecule has 2 aliphatic rings. The van der Waals surface area contributed by atoms with Gasteiger partial charge in [-0.15, -0.1) is 0 Å². The number of carbonyl (C=O) groups is 1. The second-order valence-corrected chi connectivity index (χ2v) is 7.38. The van der Waals surface area contributed by atoms with E-state index >= 15 is 0 Å². The van der Waals surface area contributed by atoms with E-state index in [9.17, 15) is 15.0 Å². The molecule has 7 nitrogen and oxygen atoms in total. The van der Waals surface area contributed by atoms with Crippen LogP contribution >= 0.6 is 0 Å². The number of piperidine rings is 1. The van der Waals surface area contributed by atoms with Crippen molar-refractivity contribution in [2.24, 2.45) is 16.8 Å². The summed E-state index contributed by atoms with van der Waals surface area (Å²) in [5, 5.41) is 20.2. The largest absolute Gasteiger partial charge is 0.504 e. The van der Waals surface area contributed by atoms with Crippen LogP contribution in [0.3, 0.4) is 0 Å². The second-order valence-electron chi connectivity index (χ2n) is 7.38. The molecule has 27 heavy (non-hydrogen) atoms. The molecule has 2 atom stereocenters. The third-order valence-electron chi connectivity index (χ3n) is 4.97. The van der Waals surface area contributed by atoms with Crippen molar-refractivity contribution in [3.63, 3.8) is 0 Å². The molecule has 0 saturated carbocycles. The lowest BCUT2D eigenvalue weighted by molar-refractivity contribution is 0.0694. The van der Waals surface area contributed by atoms with E-state index in [1.54, 1.807) is 24.6 Å². The summed E-state index contributed by atoms with van der Waals surface area (Å²) in [6.07, 6.45) is 5.98. The molecule has 1 fully saturated rings. The van der Waals surface area contributed by atoms with Gasteiger partial charge in [-0.2, -0.15) is 0 Å². The number of anilines is 1. The Labute approximate surface area is 156 Å². The first-order valence-electron chi connectivity index (χ1n) is 8.99. The Kier molecular flexibility index (Phi) is 4.22. The maximum absolute atomic E-state index is 11.8. The molecule has 0 bridgehead atoms. The molecular formula is C20H21N3O4. The zero-order valence-electron chi connectivity index (χ0n) is 15.2. The van der Waals surface area contributed by atoms with E-state index in [0.717, 1.165) is 12.0 Å². The first-order valence-corrected chi connectivity index (χ1v) is 8.99. The van der Waals surface area contributed by atoms with Crippen molar-refractivity contribution in [1.82, 2.24) is 4.98 Å². The van der Waals surface area contributed by atoms with Crippen molar-refractivity contribution in [2.75, 3.05) is 18.0 Å². The summed E-state index contributed by atoms with van der Waals surface area (Å²) in [4.78, 5) is 22.1. The number of allylic oxidation sites excluding steroid dienone is 1. The van der Waals surface area contributed by atoms with E-state index in [0.29, 0.717) is 36.3 Å². The fourth-order valence-electron chi connectivity index (χ4n) is 3.95. The first kappa shape index (κ1) is 17.3. The standard InChI is InChI=1S/C20H21N3O4/c1-11-6-12(2)10-23(9-11)19-16(20(25)26)17(24)15(27-19)7-13-8-22-18-14(13)4-3-5-21-18/h3-5,7-8,11-12,24H,6,9-10H2,1-2H3,(H,25,26). The number of pyridine rings is 1. The van der Waals surface area contributed by atoms with E-state index in [4.69, 9.17) is 4.42 Å². The van der Waals surface area contributed by atoms with E-state index in [1.165, 1.54) is 0 Å². The SMILES string of the molecule is CC1CC(C)CN(c2oc(C=C3C=Nc4ncccc43)c(O)c2C(=O)O)C1. The number of aromatic hydroxyl groups is 1. The second kappa shape index (κ2) is 6.57. The Morgan fingerprint density at radius 1 is 1.33 bits per heavy atom. The van der Waals surface area contributed by atoms with Crippen LogP contribution in [0.25, 0.3) is 11.6 Å². The third kappa shape index (κ3) is 3.09. The van der Waals surface area contributed by atoms with Gasteiger partial charge in [-0.3, -0.25) is 0 Å². The van der Waals surface area contributed by atoms with E-state index in [-0.39, 0.29) is 23.0 Å².